The fraction of sp³-hybridized carbons (Fsp3) is 0.682. The molecular weight excluding hydrogens is 461 g/mol. The van der Waals surface area contributed by atoms with Crippen molar-refractivity contribution in [1.29, 1.82) is 0 Å². The summed E-state index contributed by atoms with van der Waals surface area (Å²) in [7, 11) is 2.22. The van der Waals surface area contributed by atoms with Crippen LogP contribution in [-0.2, 0) is 6.54 Å². The number of likely N-dealkylation sites (N-methyl/N-ethyl adjacent to an activating group) is 1. The Morgan fingerprint density at radius 3 is 2.61 bits per heavy atom. The van der Waals surface area contributed by atoms with E-state index in [4.69, 9.17) is 4.99 Å². The second-order valence-electron chi connectivity index (χ2n) is 8.17. The molecule has 0 spiro atoms. The molecule has 6 heteroatoms. The number of hydrogen-bond donors (Lipinski definition) is 2. The Labute approximate surface area is 188 Å². The molecule has 2 fully saturated rings. The van der Waals surface area contributed by atoms with Crippen LogP contribution in [0.15, 0.2) is 35.3 Å². The summed E-state index contributed by atoms with van der Waals surface area (Å²) in [5, 5.41) is 7.15. The second kappa shape index (κ2) is 12.0. The monoisotopic (exact) mass is 499 g/mol. The Balaban J connectivity index is 0.00000280. The molecule has 158 valence electrons. The lowest BCUT2D eigenvalue weighted by Gasteiger charge is -2.38. The number of aliphatic imine (C=N–C) groups is 1. The number of rotatable bonds is 6. The van der Waals surface area contributed by atoms with Gasteiger partial charge < -0.3 is 15.5 Å². The average Bonchev–Trinajstić information content (AvgIpc) is 3.08. The maximum Gasteiger partial charge on any atom is 0.191 e. The third kappa shape index (κ3) is 6.88. The summed E-state index contributed by atoms with van der Waals surface area (Å²) in [5.74, 6) is 0.992. The van der Waals surface area contributed by atoms with Crippen LogP contribution < -0.4 is 10.6 Å². The van der Waals surface area contributed by atoms with Gasteiger partial charge in [0.2, 0.25) is 0 Å². The fourth-order valence-electron chi connectivity index (χ4n) is 4.32. The van der Waals surface area contributed by atoms with Gasteiger partial charge in [-0.3, -0.25) is 9.89 Å². The third-order valence-corrected chi connectivity index (χ3v) is 6.06. The molecule has 2 aliphatic rings. The van der Waals surface area contributed by atoms with Gasteiger partial charge in [0.05, 0.1) is 6.54 Å². The smallest absolute Gasteiger partial charge is 0.191 e. The zero-order chi connectivity index (χ0) is 19.1. The standard InChI is InChI=1S/C22H37N5.HI/c1-4-23-22(24-16-21-11-8-13-26(21)3)25-20-12-14-27(18(2)15-20)17-19-9-6-5-7-10-19;/h5-7,9-10,18,20-21H,4,8,11-17H2,1-3H3,(H2,23,24,25);1H. The quantitative estimate of drug-likeness (QED) is 0.358. The van der Waals surface area contributed by atoms with Crippen LogP contribution in [0.2, 0.25) is 0 Å². The molecule has 0 aromatic heterocycles. The average molecular weight is 499 g/mol. The predicted molar refractivity (Wildman–Crippen MR) is 130 cm³/mol. The zero-order valence-corrected chi connectivity index (χ0v) is 20.1. The van der Waals surface area contributed by atoms with Crippen molar-refractivity contribution in [2.75, 3.05) is 33.2 Å². The first-order valence-electron chi connectivity index (χ1n) is 10.7. The van der Waals surface area contributed by atoms with E-state index in [-0.39, 0.29) is 24.0 Å². The lowest BCUT2D eigenvalue weighted by Crippen LogP contribution is -2.51. The van der Waals surface area contributed by atoms with Crippen LogP contribution in [0.3, 0.4) is 0 Å². The highest BCUT2D eigenvalue weighted by Crippen LogP contribution is 2.20. The molecule has 1 aromatic carbocycles. The first-order valence-corrected chi connectivity index (χ1v) is 10.7. The van der Waals surface area contributed by atoms with Crippen molar-refractivity contribution in [3.05, 3.63) is 35.9 Å². The summed E-state index contributed by atoms with van der Waals surface area (Å²) in [6.07, 6.45) is 4.91. The van der Waals surface area contributed by atoms with Crippen LogP contribution in [0.25, 0.3) is 0 Å². The van der Waals surface area contributed by atoms with Crippen LogP contribution in [-0.4, -0.2) is 67.1 Å². The van der Waals surface area contributed by atoms with E-state index in [1.54, 1.807) is 0 Å². The van der Waals surface area contributed by atoms with Crippen molar-refractivity contribution in [3.63, 3.8) is 0 Å². The van der Waals surface area contributed by atoms with Crippen molar-refractivity contribution >= 4 is 29.9 Å². The normalized spacial score (nSPS) is 26.7. The van der Waals surface area contributed by atoms with Gasteiger partial charge in [0, 0.05) is 37.8 Å². The van der Waals surface area contributed by atoms with Crippen LogP contribution in [0, 0.1) is 0 Å². The molecule has 0 bridgehead atoms. The molecule has 1 aromatic rings. The predicted octanol–water partition coefficient (Wildman–Crippen LogP) is 3.31. The summed E-state index contributed by atoms with van der Waals surface area (Å²) in [5.41, 5.74) is 1.41. The van der Waals surface area contributed by atoms with Gasteiger partial charge in [-0.25, -0.2) is 0 Å². The molecule has 2 aliphatic heterocycles. The van der Waals surface area contributed by atoms with Gasteiger partial charge in [-0.05, 0) is 58.7 Å². The molecule has 3 atom stereocenters. The van der Waals surface area contributed by atoms with E-state index in [2.05, 4.69) is 71.7 Å². The van der Waals surface area contributed by atoms with E-state index in [9.17, 15) is 0 Å². The molecule has 2 N–H and O–H groups in total. The summed E-state index contributed by atoms with van der Waals surface area (Å²) in [4.78, 5) is 9.93. The lowest BCUT2D eigenvalue weighted by molar-refractivity contribution is 0.134. The molecular formula is C22H38IN5. The van der Waals surface area contributed by atoms with Crippen LogP contribution in [0.5, 0.6) is 0 Å². The number of benzene rings is 1. The third-order valence-electron chi connectivity index (χ3n) is 6.06. The minimum absolute atomic E-state index is 0. The fourth-order valence-corrected chi connectivity index (χ4v) is 4.32. The van der Waals surface area contributed by atoms with Crippen LogP contribution >= 0.6 is 24.0 Å². The molecule has 28 heavy (non-hydrogen) atoms. The Morgan fingerprint density at radius 1 is 1.18 bits per heavy atom. The Kier molecular flexibility index (Phi) is 10.0. The van der Waals surface area contributed by atoms with Crippen molar-refractivity contribution < 1.29 is 0 Å². The molecule has 0 amide bonds. The van der Waals surface area contributed by atoms with Gasteiger partial charge >= 0.3 is 0 Å². The highest BCUT2D eigenvalue weighted by atomic mass is 127. The highest BCUT2D eigenvalue weighted by molar-refractivity contribution is 14.0. The molecule has 0 aliphatic carbocycles. The van der Waals surface area contributed by atoms with Crippen molar-refractivity contribution in [3.8, 4) is 0 Å². The molecule has 0 radical (unpaired) electrons. The first-order chi connectivity index (χ1) is 13.2. The summed E-state index contributed by atoms with van der Waals surface area (Å²) in [6, 6.07) is 12.5. The number of nitrogens with one attached hydrogen (secondary N) is 2. The van der Waals surface area contributed by atoms with Gasteiger partial charge in [-0.15, -0.1) is 24.0 Å². The van der Waals surface area contributed by atoms with Crippen molar-refractivity contribution in [2.24, 2.45) is 4.99 Å². The van der Waals surface area contributed by atoms with Crippen molar-refractivity contribution in [2.45, 2.75) is 64.2 Å². The van der Waals surface area contributed by atoms with Gasteiger partial charge in [0.15, 0.2) is 5.96 Å². The topological polar surface area (TPSA) is 42.9 Å². The largest absolute Gasteiger partial charge is 0.357 e. The molecule has 0 saturated carbocycles. The Morgan fingerprint density at radius 2 is 1.96 bits per heavy atom. The van der Waals surface area contributed by atoms with E-state index in [0.717, 1.165) is 32.1 Å². The number of hydrogen-bond acceptors (Lipinski definition) is 3. The summed E-state index contributed by atoms with van der Waals surface area (Å²) < 4.78 is 0. The van der Waals surface area contributed by atoms with Gasteiger partial charge in [0.1, 0.15) is 0 Å². The number of guanidine groups is 1. The molecule has 3 rings (SSSR count). The van der Waals surface area contributed by atoms with Crippen LogP contribution in [0.1, 0.15) is 45.1 Å². The zero-order valence-electron chi connectivity index (χ0n) is 17.7. The Hall–Kier alpha value is -0.860. The van der Waals surface area contributed by atoms with Gasteiger partial charge in [-0.1, -0.05) is 30.3 Å². The maximum atomic E-state index is 4.89. The maximum absolute atomic E-state index is 4.89. The summed E-state index contributed by atoms with van der Waals surface area (Å²) >= 11 is 0. The highest BCUT2D eigenvalue weighted by Gasteiger charge is 2.26. The number of halogens is 1. The van der Waals surface area contributed by atoms with E-state index in [0.29, 0.717) is 18.1 Å². The number of likely N-dealkylation sites (tertiary alicyclic amines) is 2. The van der Waals surface area contributed by atoms with Gasteiger partial charge in [-0.2, -0.15) is 0 Å². The van der Waals surface area contributed by atoms with Crippen LogP contribution in [0.4, 0.5) is 0 Å². The van der Waals surface area contributed by atoms with E-state index < -0.39 is 0 Å². The minimum Gasteiger partial charge on any atom is -0.357 e. The minimum atomic E-state index is 0. The molecule has 5 nitrogen and oxygen atoms in total. The van der Waals surface area contributed by atoms with E-state index in [1.807, 2.05) is 0 Å². The summed E-state index contributed by atoms with van der Waals surface area (Å²) in [6.45, 7) is 9.71. The Bertz CT molecular complexity index is 594. The number of nitrogens with zero attached hydrogens (tertiary/aromatic N) is 3. The van der Waals surface area contributed by atoms with E-state index in [1.165, 1.54) is 37.8 Å². The first kappa shape index (κ1) is 23.4. The van der Waals surface area contributed by atoms with E-state index >= 15 is 0 Å². The lowest BCUT2D eigenvalue weighted by atomic mass is 9.97. The van der Waals surface area contributed by atoms with Crippen molar-refractivity contribution in [1.82, 2.24) is 20.4 Å². The number of piperidine rings is 1. The SMILES string of the molecule is CCNC(=NCC1CCCN1C)NC1CCN(Cc2ccccc2)C(C)C1.I. The molecule has 3 unspecified atom stereocenters. The molecule has 2 saturated heterocycles. The molecule has 2 heterocycles. The van der Waals surface area contributed by atoms with Gasteiger partial charge in [0.25, 0.3) is 0 Å². The second-order valence-corrected chi connectivity index (χ2v) is 8.17.